The minimum Gasteiger partial charge on any atom is -0.279 e. The second kappa shape index (κ2) is 5.74. The van der Waals surface area contributed by atoms with E-state index in [0.29, 0.717) is 11.1 Å². The molecule has 3 rings (SSSR count). The van der Waals surface area contributed by atoms with E-state index >= 15 is 0 Å². The van der Waals surface area contributed by atoms with Crippen molar-refractivity contribution < 1.29 is 8.78 Å². The van der Waals surface area contributed by atoms with E-state index in [0.717, 1.165) is 16.8 Å². The molecule has 118 valence electrons. The maximum Gasteiger partial charge on any atom is 0.264 e. The molecule has 3 aromatic rings. The molecule has 0 aliphatic rings. The summed E-state index contributed by atoms with van der Waals surface area (Å²) in [5.41, 5.74) is 0.504. The molecule has 0 aliphatic heterocycles. The fraction of sp³-hybridized carbons (Fsp3) is 0.176. The Morgan fingerprint density at radius 2 is 2.00 bits per heavy atom. The average molecular weight is 335 g/mol. The number of halogens is 3. The van der Waals surface area contributed by atoms with Crippen molar-refractivity contribution in [2.24, 2.45) is 0 Å². The van der Waals surface area contributed by atoms with Crippen molar-refractivity contribution in [3.05, 3.63) is 69.2 Å². The molecule has 0 spiro atoms. The monoisotopic (exact) mass is 334 g/mol. The van der Waals surface area contributed by atoms with E-state index in [1.165, 1.54) is 24.4 Å². The van der Waals surface area contributed by atoms with Crippen molar-refractivity contribution in [3.63, 3.8) is 0 Å². The largest absolute Gasteiger partial charge is 0.279 e. The number of hydrogen-bond acceptors (Lipinski definition) is 2. The first-order chi connectivity index (χ1) is 10.9. The van der Waals surface area contributed by atoms with Crippen LogP contribution in [0.2, 0.25) is 5.02 Å². The Morgan fingerprint density at radius 3 is 2.65 bits per heavy atom. The summed E-state index contributed by atoms with van der Waals surface area (Å²) in [7, 11) is 0. The third kappa shape index (κ3) is 2.61. The molecular weight excluding hydrogens is 322 g/mol. The zero-order valence-electron chi connectivity index (χ0n) is 12.5. The van der Waals surface area contributed by atoms with Crippen LogP contribution in [-0.4, -0.2) is 9.55 Å². The number of benzene rings is 1. The van der Waals surface area contributed by atoms with Crippen molar-refractivity contribution in [1.29, 1.82) is 0 Å². The molecule has 2 aromatic heterocycles. The van der Waals surface area contributed by atoms with Gasteiger partial charge in [-0.3, -0.25) is 14.3 Å². The first-order valence-corrected chi connectivity index (χ1v) is 7.43. The maximum atomic E-state index is 14.2. The highest BCUT2D eigenvalue weighted by molar-refractivity contribution is 6.32. The van der Waals surface area contributed by atoms with Gasteiger partial charge in [-0.1, -0.05) is 31.5 Å². The number of aromatic nitrogens is 2. The van der Waals surface area contributed by atoms with Crippen molar-refractivity contribution >= 4 is 22.5 Å². The Balaban J connectivity index is 2.48. The summed E-state index contributed by atoms with van der Waals surface area (Å²) in [6.45, 7) is 3.83. The van der Waals surface area contributed by atoms with Gasteiger partial charge >= 0.3 is 0 Å². The van der Waals surface area contributed by atoms with Crippen LogP contribution in [0, 0.1) is 11.6 Å². The molecule has 6 heteroatoms. The van der Waals surface area contributed by atoms with Crippen LogP contribution in [0.1, 0.15) is 25.3 Å². The molecule has 1 aromatic carbocycles. The molecule has 0 bridgehead atoms. The molecule has 0 fully saturated rings. The average Bonchev–Trinajstić information content (AvgIpc) is 2.49. The van der Waals surface area contributed by atoms with Crippen LogP contribution >= 0.6 is 11.6 Å². The predicted molar refractivity (Wildman–Crippen MR) is 86.4 cm³/mol. The maximum absolute atomic E-state index is 14.2. The Bertz CT molecular complexity index is 946. The van der Waals surface area contributed by atoms with E-state index in [4.69, 9.17) is 11.6 Å². The first-order valence-electron chi connectivity index (χ1n) is 7.05. The van der Waals surface area contributed by atoms with Crippen LogP contribution in [0.5, 0.6) is 0 Å². The van der Waals surface area contributed by atoms with Crippen LogP contribution in [-0.2, 0) is 0 Å². The van der Waals surface area contributed by atoms with Crippen molar-refractivity contribution in [2.45, 2.75) is 19.8 Å². The highest BCUT2D eigenvalue weighted by Crippen LogP contribution is 2.27. The number of pyridine rings is 2. The van der Waals surface area contributed by atoms with Gasteiger partial charge in [-0.25, -0.2) is 8.78 Å². The number of nitrogens with zero attached hydrogens (tertiary/aromatic N) is 2. The second-order valence-corrected chi connectivity index (χ2v) is 5.94. The summed E-state index contributed by atoms with van der Waals surface area (Å²) in [6, 6.07) is 5.28. The molecule has 3 nitrogen and oxygen atoms in total. The van der Waals surface area contributed by atoms with Gasteiger partial charge in [-0.15, -0.1) is 0 Å². The standard InChI is InChI=1S/C17H13ClF2N2O/c1-9(2)12-8-22(16-13(18)4-3-5-14(16)20)17(23)11-6-10(19)7-21-15(11)12/h3-9H,1-2H3. The molecule has 0 saturated carbocycles. The van der Waals surface area contributed by atoms with Crippen LogP contribution < -0.4 is 5.56 Å². The van der Waals surface area contributed by atoms with Gasteiger partial charge in [0, 0.05) is 6.20 Å². The summed E-state index contributed by atoms with van der Waals surface area (Å²) in [5, 5.41) is 0.195. The van der Waals surface area contributed by atoms with Crippen molar-refractivity contribution in [1.82, 2.24) is 9.55 Å². The number of para-hydroxylation sites is 1. The summed E-state index contributed by atoms with van der Waals surface area (Å²) in [4.78, 5) is 16.7. The second-order valence-electron chi connectivity index (χ2n) is 5.53. The van der Waals surface area contributed by atoms with Crippen LogP contribution in [0.4, 0.5) is 8.78 Å². The lowest BCUT2D eigenvalue weighted by atomic mass is 10.0. The molecule has 0 unspecified atom stereocenters. The van der Waals surface area contributed by atoms with E-state index < -0.39 is 17.2 Å². The van der Waals surface area contributed by atoms with E-state index in [9.17, 15) is 13.6 Å². The van der Waals surface area contributed by atoms with E-state index in [-0.39, 0.29) is 22.0 Å². The van der Waals surface area contributed by atoms with Gasteiger partial charge in [0.05, 0.1) is 22.1 Å². The minimum absolute atomic E-state index is 0.00728. The summed E-state index contributed by atoms with van der Waals surface area (Å²) in [5.74, 6) is -1.24. The number of hydrogen-bond donors (Lipinski definition) is 0. The van der Waals surface area contributed by atoms with E-state index in [1.807, 2.05) is 13.8 Å². The summed E-state index contributed by atoms with van der Waals surface area (Å²) in [6.07, 6.45) is 2.58. The highest BCUT2D eigenvalue weighted by Gasteiger charge is 2.17. The summed E-state index contributed by atoms with van der Waals surface area (Å²) >= 11 is 6.06. The normalized spacial score (nSPS) is 11.4. The zero-order valence-corrected chi connectivity index (χ0v) is 13.2. The lowest BCUT2D eigenvalue weighted by Crippen LogP contribution is -2.21. The zero-order chi connectivity index (χ0) is 16.7. The lowest BCUT2D eigenvalue weighted by Gasteiger charge is -2.15. The topological polar surface area (TPSA) is 34.9 Å². The van der Waals surface area contributed by atoms with Crippen LogP contribution in [0.15, 0.2) is 41.5 Å². The Labute approximate surface area is 136 Å². The van der Waals surface area contributed by atoms with Crippen LogP contribution in [0.25, 0.3) is 16.6 Å². The predicted octanol–water partition coefficient (Wildman–Crippen LogP) is 4.44. The van der Waals surface area contributed by atoms with Gasteiger partial charge in [0.25, 0.3) is 5.56 Å². The molecule has 0 atom stereocenters. The Kier molecular flexibility index (Phi) is 3.90. The molecular formula is C17H13ClF2N2O. The quantitative estimate of drug-likeness (QED) is 0.694. The van der Waals surface area contributed by atoms with Crippen LogP contribution in [0.3, 0.4) is 0 Å². The molecule has 0 amide bonds. The highest BCUT2D eigenvalue weighted by atomic mass is 35.5. The molecule has 23 heavy (non-hydrogen) atoms. The van der Waals surface area contributed by atoms with Gasteiger partial charge in [0.1, 0.15) is 17.3 Å². The lowest BCUT2D eigenvalue weighted by molar-refractivity contribution is 0.615. The van der Waals surface area contributed by atoms with E-state index in [1.54, 1.807) is 0 Å². The third-order valence-electron chi connectivity index (χ3n) is 3.65. The molecule has 2 heterocycles. The number of fused-ring (bicyclic) bond motifs is 1. The Morgan fingerprint density at radius 1 is 1.26 bits per heavy atom. The van der Waals surface area contributed by atoms with Gasteiger partial charge in [-0.05, 0) is 29.7 Å². The minimum atomic E-state index is -0.627. The fourth-order valence-corrected chi connectivity index (χ4v) is 2.78. The SMILES string of the molecule is CC(C)c1cn(-c2c(F)cccc2Cl)c(=O)c2cc(F)cnc12. The number of rotatable bonds is 2. The van der Waals surface area contributed by atoms with Gasteiger partial charge in [0.2, 0.25) is 0 Å². The van der Waals surface area contributed by atoms with Crippen molar-refractivity contribution in [3.8, 4) is 5.69 Å². The molecule has 0 N–H and O–H groups in total. The van der Waals surface area contributed by atoms with Gasteiger partial charge in [0.15, 0.2) is 0 Å². The third-order valence-corrected chi connectivity index (χ3v) is 3.95. The van der Waals surface area contributed by atoms with E-state index in [2.05, 4.69) is 4.98 Å². The van der Waals surface area contributed by atoms with Crippen molar-refractivity contribution in [2.75, 3.05) is 0 Å². The fourth-order valence-electron chi connectivity index (χ4n) is 2.53. The van der Waals surface area contributed by atoms with Gasteiger partial charge in [-0.2, -0.15) is 0 Å². The summed E-state index contributed by atoms with van der Waals surface area (Å²) < 4.78 is 28.8. The molecule has 0 aliphatic carbocycles. The Hall–Kier alpha value is -2.27. The molecule has 0 radical (unpaired) electrons. The smallest absolute Gasteiger partial charge is 0.264 e. The van der Waals surface area contributed by atoms with Gasteiger partial charge < -0.3 is 0 Å². The molecule has 0 saturated heterocycles. The first kappa shape index (κ1) is 15.6.